The molecular formula is C10H14N4O. The standard InChI is InChI=1S/C10H14N4O/c1-14-7-9(11)10(13-14)12-5-4-8-3-2-6-15-8/h2-3,6-7H,4-5,11H2,1H3,(H,12,13). The highest BCUT2D eigenvalue weighted by atomic mass is 16.3. The number of nitrogen functional groups attached to an aromatic ring is 1. The highest BCUT2D eigenvalue weighted by Crippen LogP contribution is 2.14. The molecule has 0 atom stereocenters. The Morgan fingerprint density at radius 1 is 1.60 bits per heavy atom. The van der Waals surface area contributed by atoms with Gasteiger partial charge in [0.2, 0.25) is 0 Å². The summed E-state index contributed by atoms with van der Waals surface area (Å²) >= 11 is 0. The summed E-state index contributed by atoms with van der Waals surface area (Å²) in [7, 11) is 1.84. The third-order valence-corrected chi connectivity index (χ3v) is 2.10. The van der Waals surface area contributed by atoms with Crippen molar-refractivity contribution < 1.29 is 4.42 Å². The minimum atomic E-state index is 0.664. The first-order valence-electron chi connectivity index (χ1n) is 4.81. The lowest BCUT2D eigenvalue weighted by molar-refractivity contribution is 0.513. The molecule has 0 aliphatic heterocycles. The maximum atomic E-state index is 5.73. The van der Waals surface area contributed by atoms with Gasteiger partial charge in [0.15, 0.2) is 5.82 Å². The highest BCUT2D eigenvalue weighted by molar-refractivity contribution is 5.59. The molecular weight excluding hydrogens is 192 g/mol. The molecule has 0 aliphatic rings. The molecule has 0 radical (unpaired) electrons. The van der Waals surface area contributed by atoms with Gasteiger partial charge in [-0.15, -0.1) is 0 Å². The lowest BCUT2D eigenvalue weighted by Gasteiger charge is -2.01. The van der Waals surface area contributed by atoms with Gasteiger partial charge >= 0.3 is 0 Å². The average molecular weight is 206 g/mol. The van der Waals surface area contributed by atoms with Crippen LogP contribution in [0.25, 0.3) is 0 Å². The topological polar surface area (TPSA) is 69.0 Å². The van der Waals surface area contributed by atoms with E-state index in [0.717, 1.165) is 24.5 Å². The fourth-order valence-electron chi connectivity index (χ4n) is 1.40. The smallest absolute Gasteiger partial charge is 0.171 e. The Balaban J connectivity index is 1.86. The van der Waals surface area contributed by atoms with E-state index in [4.69, 9.17) is 10.2 Å². The van der Waals surface area contributed by atoms with E-state index >= 15 is 0 Å². The maximum Gasteiger partial charge on any atom is 0.171 e. The highest BCUT2D eigenvalue weighted by Gasteiger charge is 2.03. The average Bonchev–Trinajstić information content (AvgIpc) is 2.77. The number of hydrogen-bond acceptors (Lipinski definition) is 4. The molecule has 0 spiro atoms. The molecule has 0 fully saturated rings. The van der Waals surface area contributed by atoms with E-state index < -0.39 is 0 Å². The monoisotopic (exact) mass is 206 g/mol. The maximum absolute atomic E-state index is 5.73. The molecule has 5 heteroatoms. The van der Waals surface area contributed by atoms with Crippen molar-refractivity contribution in [3.63, 3.8) is 0 Å². The van der Waals surface area contributed by atoms with Crippen LogP contribution in [-0.2, 0) is 13.5 Å². The fraction of sp³-hybridized carbons (Fsp3) is 0.300. The number of nitrogens with zero attached hydrogens (tertiary/aromatic N) is 2. The van der Waals surface area contributed by atoms with Crippen LogP contribution >= 0.6 is 0 Å². The Labute approximate surface area is 87.9 Å². The summed E-state index contributed by atoms with van der Waals surface area (Å²) in [5, 5.41) is 7.33. The van der Waals surface area contributed by atoms with Gasteiger partial charge < -0.3 is 15.5 Å². The Kier molecular flexibility index (Phi) is 2.62. The summed E-state index contributed by atoms with van der Waals surface area (Å²) in [6, 6.07) is 3.83. The summed E-state index contributed by atoms with van der Waals surface area (Å²) in [6.45, 7) is 0.759. The van der Waals surface area contributed by atoms with Gasteiger partial charge in [0.25, 0.3) is 0 Å². The van der Waals surface area contributed by atoms with Crippen LogP contribution in [0.15, 0.2) is 29.0 Å². The first-order valence-corrected chi connectivity index (χ1v) is 4.81. The summed E-state index contributed by atoms with van der Waals surface area (Å²) < 4.78 is 6.90. The van der Waals surface area contributed by atoms with Crippen molar-refractivity contribution in [3.8, 4) is 0 Å². The molecule has 2 heterocycles. The van der Waals surface area contributed by atoms with Gasteiger partial charge in [0.05, 0.1) is 12.0 Å². The molecule has 0 saturated carbocycles. The van der Waals surface area contributed by atoms with Gasteiger partial charge in [0.1, 0.15) is 5.76 Å². The molecule has 3 N–H and O–H groups in total. The molecule has 0 aliphatic carbocycles. The molecule has 2 aromatic heterocycles. The Morgan fingerprint density at radius 2 is 2.47 bits per heavy atom. The minimum Gasteiger partial charge on any atom is -0.469 e. The molecule has 0 aromatic carbocycles. The first-order chi connectivity index (χ1) is 7.25. The molecule has 80 valence electrons. The molecule has 2 rings (SSSR count). The van der Waals surface area contributed by atoms with Crippen molar-refractivity contribution >= 4 is 11.5 Å². The van der Waals surface area contributed by atoms with Crippen LogP contribution in [0, 0.1) is 0 Å². The van der Waals surface area contributed by atoms with Gasteiger partial charge in [-0.25, -0.2) is 0 Å². The second kappa shape index (κ2) is 4.08. The lowest BCUT2D eigenvalue weighted by Crippen LogP contribution is -2.06. The number of furan rings is 1. The van der Waals surface area contributed by atoms with E-state index in [2.05, 4.69) is 10.4 Å². The third-order valence-electron chi connectivity index (χ3n) is 2.10. The SMILES string of the molecule is Cn1cc(N)c(NCCc2ccco2)n1. The second-order valence-electron chi connectivity index (χ2n) is 3.36. The first kappa shape index (κ1) is 9.64. The van der Waals surface area contributed by atoms with Crippen LogP contribution in [-0.4, -0.2) is 16.3 Å². The predicted molar refractivity (Wildman–Crippen MR) is 58.5 cm³/mol. The zero-order chi connectivity index (χ0) is 10.7. The summed E-state index contributed by atoms with van der Waals surface area (Å²) in [4.78, 5) is 0. The third kappa shape index (κ3) is 2.31. The molecule has 0 bridgehead atoms. The normalized spacial score (nSPS) is 10.5. The van der Waals surface area contributed by atoms with Crippen LogP contribution < -0.4 is 11.1 Å². The van der Waals surface area contributed by atoms with Crippen LogP contribution in [0.1, 0.15) is 5.76 Å². The van der Waals surface area contributed by atoms with Crippen LogP contribution in [0.2, 0.25) is 0 Å². The number of aryl methyl sites for hydroxylation is 1. The number of rotatable bonds is 4. The zero-order valence-electron chi connectivity index (χ0n) is 8.60. The molecule has 0 saturated heterocycles. The summed E-state index contributed by atoms with van der Waals surface area (Å²) in [5.74, 6) is 1.68. The zero-order valence-corrected chi connectivity index (χ0v) is 8.60. The Bertz CT molecular complexity index is 419. The summed E-state index contributed by atoms with van der Waals surface area (Å²) in [6.07, 6.45) is 4.27. The Hall–Kier alpha value is -1.91. The van der Waals surface area contributed by atoms with Crippen molar-refractivity contribution in [2.45, 2.75) is 6.42 Å². The van der Waals surface area contributed by atoms with E-state index in [1.54, 1.807) is 17.1 Å². The second-order valence-corrected chi connectivity index (χ2v) is 3.36. The number of nitrogens with two attached hydrogens (primary N) is 1. The molecule has 0 unspecified atom stereocenters. The fourth-order valence-corrected chi connectivity index (χ4v) is 1.40. The largest absolute Gasteiger partial charge is 0.469 e. The van der Waals surface area contributed by atoms with E-state index in [1.165, 1.54) is 0 Å². The number of anilines is 2. The van der Waals surface area contributed by atoms with Crippen LogP contribution in [0.4, 0.5) is 11.5 Å². The predicted octanol–water partition coefficient (Wildman–Crippen LogP) is 1.25. The van der Waals surface area contributed by atoms with Crippen LogP contribution in [0.3, 0.4) is 0 Å². The molecule has 0 amide bonds. The lowest BCUT2D eigenvalue weighted by atomic mass is 10.3. The number of aromatic nitrogens is 2. The van der Waals surface area contributed by atoms with Gasteiger partial charge in [-0.2, -0.15) is 5.10 Å². The van der Waals surface area contributed by atoms with Crippen molar-refractivity contribution in [1.82, 2.24) is 9.78 Å². The van der Waals surface area contributed by atoms with Crippen molar-refractivity contribution in [1.29, 1.82) is 0 Å². The van der Waals surface area contributed by atoms with Crippen LogP contribution in [0.5, 0.6) is 0 Å². The molecule has 2 aromatic rings. The van der Waals surface area contributed by atoms with Crippen molar-refractivity contribution in [2.75, 3.05) is 17.6 Å². The van der Waals surface area contributed by atoms with E-state index in [1.807, 2.05) is 19.2 Å². The van der Waals surface area contributed by atoms with Gasteiger partial charge in [-0.1, -0.05) is 0 Å². The van der Waals surface area contributed by atoms with E-state index in [9.17, 15) is 0 Å². The molecule has 15 heavy (non-hydrogen) atoms. The van der Waals surface area contributed by atoms with Gasteiger partial charge in [-0.3, -0.25) is 4.68 Å². The Morgan fingerprint density at radius 3 is 3.07 bits per heavy atom. The minimum absolute atomic E-state index is 0.664. The van der Waals surface area contributed by atoms with E-state index in [0.29, 0.717) is 5.69 Å². The van der Waals surface area contributed by atoms with Gasteiger partial charge in [-0.05, 0) is 12.1 Å². The van der Waals surface area contributed by atoms with Crippen molar-refractivity contribution in [2.24, 2.45) is 7.05 Å². The van der Waals surface area contributed by atoms with Gasteiger partial charge in [0, 0.05) is 26.2 Å². The molecule has 5 nitrogen and oxygen atoms in total. The van der Waals surface area contributed by atoms with Crippen molar-refractivity contribution in [3.05, 3.63) is 30.4 Å². The summed E-state index contributed by atoms with van der Waals surface area (Å²) in [5.41, 5.74) is 6.40. The number of nitrogens with one attached hydrogen (secondary N) is 1. The quantitative estimate of drug-likeness (QED) is 0.790. The van der Waals surface area contributed by atoms with E-state index in [-0.39, 0.29) is 0 Å². The number of hydrogen-bond donors (Lipinski definition) is 2.